The fourth-order valence-corrected chi connectivity index (χ4v) is 3.19. The summed E-state index contributed by atoms with van der Waals surface area (Å²) in [5, 5.41) is 6.33. The Morgan fingerprint density at radius 3 is 2.72 bits per heavy atom. The van der Waals surface area contributed by atoms with Crippen LogP contribution < -0.4 is 10.9 Å². The summed E-state index contributed by atoms with van der Waals surface area (Å²) in [5.74, 6) is -0.318. The maximum absolute atomic E-state index is 12.4. The number of carbonyl (C=O) groups excluding carboxylic acids is 1. The highest BCUT2D eigenvalue weighted by molar-refractivity contribution is 7.13. The summed E-state index contributed by atoms with van der Waals surface area (Å²) in [4.78, 5) is 31.8. The molecule has 0 unspecified atom stereocenters. The molecule has 0 atom stereocenters. The maximum atomic E-state index is 12.4. The molecule has 1 amide bonds. The number of carbonyl (C=O) groups is 1. The van der Waals surface area contributed by atoms with Gasteiger partial charge in [-0.1, -0.05) is 11.6 Å². The smallest absolute Gasteiger partial charge is 0.273 e. The molecule has 4 rings (SSSR count). The predicted molar refractivity (Wildman–Crippen MR) is 99.0 cm³/mol. The van der Waals surface area contributed by atoms with Crippen molar-refractivity contribution in [3.05, 3.63) is 75.1 Å². The van der Waals surface area contributed by atoms with Gasteiger partial charge in [-0.3, -0.25) is 19.5 Å². The minimum Gasteiger partial charge on any atom is -0.336 e. The standard InChI is InChI=1S/C17H11ClN4O2S/c18-11-2-4-12(5-3-11)22-14(23)6-1-10-9-13(20-15(10)22)16(24)21-17-19-7-8-25-17/h1-9,20H,(H,19,21,24). The van der Waals surface area contributed by atoms with Crippen molar-refractivity contribution in [1.82, 2.24) is 14.5 Å². The third-order valence-electron chi connectivity index (χ3n) is 3.66. The summed E-state index contributed by atoms with van der Waals surface area (Å²) < 4.78 is 1.51. The van der Waals surface area contributed by atoms with E-state index < -0.39 is 0 Å². The van der Waals surface area contributed by atoms with Gasteiger partial charge in [-0.15, -0.1) is 11.3 Å². The quantitative estimate of drug-likeness (QED) is 0.577. The number of rotatable bonds is 3. The summed E-state index contributed by atoms with van der Waals surface area (Å²) in [6.07, 6.45) is 1.61. The fraction of sp³-hybridized carbons (Fsp3) is 0. The van der Waals surface area contributed by atoms with Crippen LogP contribution in [0, 0.1) is 0 Å². The van der Waals surface area contributed by atoms with Crippen molar-refractivity contribution in [3.63, 3.8) is 0 Å². The van der Waals surface area contributed by atoms with Crippen molar-refractivity contribution in [2.75, 3.05) is 5.32 Å². The summed E-state index contributed by atoms with van der Waals surface area (Å²) in [7, 11) is 0. The number of hydrogen-bond donors (Lipinski definition) is 2. The minimum atomic E-state index is -0.318. The fourth-order valence-electron chi connectivity index (χ4n) is 2.54. The van der Waals surface area contributed by atoms with Crippen LogP contribution in [0.4, 0.5) is 5.13 Å². The molecule has 0 saturated heterocycles. The lowest BCUT2D eigenvalue weighted by atomic mass is 10.2. The molecule has 3 aromatic heterocycles. The number of nitrogens with zero attached hydrogens (tertiary/aromatic N) is 2. The number of benzene rings is 1. The van der Waals surface area contributed by atoms with E-state index in [1.54, 1.807) is 48.0 Å². The summed E-state index contributed by atoms with van der Waals surface area (Å²) in [5.41, 5.74) is 1.34. The number of thiazole rings is 1. The van der Waals surface area contributed by atoms with E-state index in [4.69, 9.17) is 11.6 Å². The number of H-pyrrole nitrogens is 1. The van der Waals surface area contributed by atoms with Gasteiger partial charge in [0.15, 0.2) is 5.13 Å². The molecule has 6 nitrogen and oxygen atoms in total. The number of fused-ring (bicyclic) bond motifs is 1. The zero-order valence-electron chi connectivity index (χ0n) is 12.7. The number of hydrogen-bond acceptors (Lipinski definition) is 4. The first-order valence-corrected chi connectivity index (χ1v) is 8.59. The van der Waals surface area contributed by atoms with Crippen molar-refractivity contribution in [3.8, 4) is 5.69 Å². The monoisotopic (exact) mass is 370 g/mol. The maximum Gasteiger partial charge on any atom is 0.273 e. The molecule has 8 heteroatoms. The highest BCUT2D eigenvalue weighted by Gasteiger charge is 2.14. The lowest BCUT2D eigenvalue weighted by molar-refractivity contribution is 0.102. The van der Waals surface area contributed by atoms with Crippen molar-refractivity contribution in [2.45, 2.75) is 0 Å². The van der Waals surface area contributed by atoms with Crippen molar-refractivity contribution in [2.24, 2.45) is 0 Å². The molecule has 0 radical (unpaired) electrons. The number of pyridine rings is 1. The lowest BCUT2D eigenvalue weighted by Gasteiger charge is -2.07. The summed E-state index contributed by atoms with van der Waals surface area (Å²) >= 11 is 7.25. The van der Waals surface area contributed by atoms with Crippen LogP contribution in [-0.2, 0) is 0 Å². The second kappa shape index (κ2) is 6.19. The molecule has 0 fully saturated rings. The van der Waals surface area contributed by atoms with Crippen molar-refractivity contribution < 1.29 is 4.79 Å². The second-order valence-corrected chi connectivity index (χ2v) is 6.59. The predicted octanol–water partition coefficient (Wildman–Crippen LogP) is 3.68. The van der Waals surface area contributed by atoms with Gasteiger partial charge in [-0.2, -0.15) is 0 Å². The van der Waals surface area contributed by atoms with Crippen molar-refractivity contribution >= 4 is 45.0 Å². The number of aromatic amines is 1. The Bertz CT molecular complexity index is 1110. The SMILES string of the molecule is O=C(Nc1nccs1)c1cc2ccc(=O)n(-c3ccc(Cl)cc3)c2[nH]1. The van der Waals surface area contributed by atoms with Gasteiger partial charge >= 0.3 is 0 Å². The van der Waals surface area contributed by atoms with E-state index in [1.165, 1.54) is 22.0 Å². The topological polar surface area (TPSA) is 79.8 Å². The molecule has 25 heavy (non-hydrogen) atoms. The van der Waals surface area contributed by atoms with E-state index in [0.717, 1.165) is 5.39 Å². The molecular weight excluding hydrogens is 360 g/mol. The molecule has 1 aromatic carbocycles. The molecule has 2 N–H and O–H groups in total. The largest absolute Gasteiger partial charge is 0.336 e. The normalized spacial score (nSPS) is 10.9. The van der Waals surface area contributed by atoms with Gasteiger partial charge in [0.2, 0.25) is 0 Å². The van der Waals surface area contributed by atoms with E-state index in [0.29, 0.717) is 27.2 Å². The van der Waals surface area contributed by atoms with Crippen LogP contribution in [0.1, 0.15) is 10.5 Å². The van der Waals surface area contributed by atoms with Crippen LogP contribution in [0.2, 0.25) is 5.02 Å². The third kappa shape index (κ3) is 2.95. The number of aromatic nitrogens is 3. The van der Waals surface area contributed by atoms with Crippen LogP contribution in [0.25, 0.3) is 16.7 Å². The first-order valence-electron chi connectivity index (χ1n) is 7.33. The Morgan fingerprint density at radius 2 is 2.00 bits per heavy atom. The van der Waals surface area contributed by atoms with Crippen molar-refractivity contribution in [1.29, 1.82) is 0 Å². The molecule has 0 aliphatic heterocycles. The molecule has 3 heterocycles. The number of halogens is 1. The highest BCUT2D eigenvalue weighted by atomic mass is 35.5. The minimum absolute atomic E-state index is 0.205. The lowest BCUT2D eigenvalue weighted by Crippen LogP contribution is -2.17. The average Bonchev–Trinajstić information content (AvgIpc) is 3.25. The first-order chi connectivity index (χ1) is 12.1. The van der Waals surface area contributed by atoms with Gasteiger partial charge in [0.05, 0.1) is 5.69 Å². The zero-order chi connectivity index (χ0) is 17.4. The Kier molecular flexibility index (Phi) is 3.87. The zero-order valence-corrected chi connectivity index (χ0v) is 14.3. The van der Waals surface area contributed by atoms with E-state index in [2.05, 4.69) is 15.3 Å². The molecule has 0 spiro atoms. The van der Waals surface area contributed by atoms with Gasteiger partial charge < -0.3 is 4.98 Å². The van der Waals surface area contributed by atoms with Gasteiger partial charge in [-0.05, 0) is 36.4 Å². The first kappa shape index (κ1) is 15.6. The van der Waals surface area contributed by atoms with Crippen LogP contribution in [-0.4, -0.2) is 20.4 Å². The van der Waals surface area contributed by atoms with Gasteiger partial charge in [0.25, 0.3) is 11.5 Å². The molecule has 0 bridgehead atoms. The van der Waals surface area contributed by atoms with Crippen LogP contribution in [0.3, 0.4) is 0 Å². The molecule has 0 saturated carbocycles. The number of anilines is 1. The van der Waals surface area contributed by atoms with E-state index in [1.807, 2.05) is 0 Å². The van der Waals surface area contributed by atoms with Crippen LogP contribution in [0.15, 0.2) is 58.8 Å². The number of amides is 1. The van der Waals surface area contributed by atoms with E-state index >= 15 is 0 Å². The Balaban J connectivity index is 1.80. The molecule has 0 aliphatic carbocycles. The molecule has 4 aromatic rings. The Hall–Kier alpha value is -2.90. The average molecular weight is 371 g/mol. The van der Waals surface area contributed by atoms with Gasteiger partial charge in [0, 0.05) is 28.1 Å². The third-order valence-corrected chi connectivity index (χ3v) is 4.60. The van der Waals surface area contributed by atoms with Gasteiger partial charge in [-0.25, -0.2) is 4.98 Å². The molecular formula is C17H11ClN4O2S. The second-order valence-electron chi connectivity index (χ2n) is 5.26. The summed E-state index contributed by atoms with van der Waals surface area (Å²) in [6, 6.07) is 11.8. The highest BCUT2D eigenvalue weighted by Crippen LogP contribution is 2.20. The number of nitrogens with one attached hydrogen (secondary N) is 2. The Morgan fingerprint density at radius 1 is 1.20 bits per heavy atom. The van der Waals surface area contributed by atoms with Gasteiger partial charge in [0.1, 0.15) is 11.3 Å². The molecule has 0 aliphatic rings. The Labute approximate surface area is 150 Å². The molecule has 124 valence electrons. The van der Waals surface area contributed by atoms with Crippen LogP contribution in [0.5, 0.6) is 0 Å². The van der Waals surface area contributed by atoms with Crippen LogP contribution >= 0.6 is 22.9 Å². The van der Waals surface area contributed by atoms with E-state index in [9.17, 15) is 9.59 Å². The van der Waals surface area contributed by atoms with E-state index in [-0.39, 0.29) is 11.5 Å². The summed E-state index contributed by atoms with van der Waals surface area (Å²) in [6.45, 7) is 0.